The molecule has 2 aromatic carbocycles. The Balaban J connectivity index is 1.44. The van der Waals surface area contributed by atoms with Crippen molar-refractivity contribution in [2.24, 2.45) is 0 Å². The standard InChI is InChI=1S/C22H18ClN3O/c23-19-5-2-6-20(13-19)26-21(27)8-7-15-3-1-4-16(11-15)18-12-17-9-10-24-22(17)25-14-18/h1-6,9-14H,7-8H2,(H,24,25)(H,26,27). The first-order valence-corrected chi connectivity index (χ1v) is 9.13. The summed E-state index contributed by atoms with van der Waals surface area (Å²) in [6.45, 7) is 0. The number of nitrogens with one attached hydrogen (secondary N) is 2. The maximum Gasteiger partial charge on any atom is 0.224 e. The molecule has 0 unspecified atom stereocenters. The van der Waals surface area contributed by atoms with Crippen LogP contribution >= 0.6 is 11.6 Å². The number of aromatic nitrogens is 2. The van der Waals surface area contributed by atoms with E-state index in [1.165, 1.54) is 0 Å². The fourth-order valence-electron chi connectivity index (χ4n) is 3.05. The van der Waals surface area contributed by atoms with Crippen LogP contribution in [-0.2, 0) is 11.2 Å². The molecular weight excluding hydrogens is 358 g/mol. The molecule has 1 amide bonds. The number of aromatic amines is 1. The molecule has 0 radical (unpaired) electrons. The zero-order valence-corrected chi connectivity index (χ0v) is 15.3. The molecule has 0 spiro atoms. The fraction of sp³-hybridized carbons (Fsp3) is 0.0909. The van der Waals surface area contributed by atoms with E-state index in [9.17, 15) is 4.79 Å². The van der Waals surface area contributed by atoms with E-state index in [-0.39, 0.29) is 5.91 Å². The first-order valence-electron chi connectivity index (χ1n) is 8.75. The highest BCUT2D eigenvalue weighted by molar-refractivity contribution is 6.30. The van der Waals surface area contributed by atoms with E-state index in [0.717, 1.165) is 27.7 Å². The van der Waals surface area contributed by atoms with Crippen LogP contribution in [0.3, 0.4) is 0 Å². The van der Waals surface area contributed by atoms with Crippen LogP contribution < -0.4 is 5.32 Å². The molecular formula is C22H18ClN3O. The van der Waals surface area contributed by atoms with E-state index >= 15 is 0 Å². The van der Waals surface area contributed by atoms with E-state index < -0.39 is 0 Å². The number of halogens is 1. The van der Waals surface area contributed by atoms with Crippen molar-refractivity contribution in [2.75, 3.05) is 5.32 Å². The fourth-order valence-corrected chi connectivity index (χ4v) is 3.24. The van der Waals surface area contributed by atoms with Gasteiger partial charge in [0.25, 0.3) is 0 Å². The number of pyridine rings is 1. The summed E-state index contributed by atoms with van der Waals surface area (Å²) in [6.07, 6.45) is 4.82. The molecule has 2 N–H and O–H groups in total. The van der Waals surface area contributed by atoms with Crippen LogP contribution in [-0.4, -0.2) is 15.9 Å². The summed E-state index contributed by atoms with van der Waals surface area (Å²) in [5.41, 5.74) is 4.87. The van der Waals surface area contributed by atoms with Gasteiger partial charge in [-0.25, -0.2) is 4.98 Å². The van der Waals surface area contributed by atoms with E-state index in [1.54, 1.807) is 12.1 Å². The van der Waals surface area contributed by atoms with Crippen LogP contribution in [0.15, 0.2) is 73.1 Å². The minimum Gasteiger partial charge on any atom is -0.346 e. The van der Waals surface area contributed by atoms with Crippen molar-refractivity contribution >= 4 is 34.2 Å². The summed E-state index contributed by atoms with van der Waals surface area (Å²) in [6, 6.07) is 19.5. The predicted octanol–water partition coefficient (Wildman–Crippen LogP) is 5.45. The lowest BCUT2D eigenvalue weighted by Gasteiger charge is -2.07. The Bertz CT molecular complexity index is 1100. The molecule has 0 atom stereocenters. The first kappa shape index (κ1) is 17.3. The van der Waals surface area contributed by atoms with Gasteiger partial charge in [0.15, 0.2) is 0 Å². The lowest BCUT2D eigenvalue weighted by molar-refractivity contribution is -0.116. The van der Waals surface area contributed by atoms with Gasteiger partial charge < -0.3 is 10.3 Å². The molecule has 0 saturated carbocycles. The molecule has 2 aromatic heterocycles. The SMILES string of the molecule is O=C(CCc1cccc(-c2cnc3[nH]ccc3c2)c1)Nc1cccc(Cl)c1. The van der Waals surface area contributed by atoms with Gasteiger partial charge in [0, 0.05) is 40.5 Å². The molecule has 0 aliphatic carbocycles. The molecule has 27 heavy (non-hydrogen) atoms. The molecule has 4 aromatic rings. The number of rotatable bonds is 5. The van der Waals surface area contributed by atoms with Crippen molar-refractivity contribution in [3.05, 3.63) is 83.6 Å². The summed E-state index contributed by atoms with van der Waals surface area (Å²) in [5, 5.41) is 4.57. The van der Waals surface area contributed by atoms with Gasteiger partial charge in [0.2, 0.25) is 5.91 Å². The van der Waals surface area contributed by atoms with Gasteiger partial charge in [-0.05, 0) is 47.9 Å². The number of hydrogen-bond acceptors (Lipinski definition) is 2. The van der Waals surface area contributed by atoms with Gasteiger partial charge in [-0.1, -0.05) is 41.9 Å². The van der Waals surface area contributed by atoms with E-state index in [4.69, 9.17) is 11.6 Å². The second kappa shape index (κ2) is 7.64. The van der Waals surface area contributed by atoms with Gasteiger partial charge in [-0.15, -0.1) is 0 Å². The third kappa shape index (κ3) is 4.18. The highest BCUT2D eigenvalue weighted by Crippen LogP contribution is 2.23. The number of fused-ring (bicyclic) bond motifs is 1. The van der Waals surface area contributed by atoms with Crippen molar-refractivity contribution in [3.8, 4) is 11.1 Å². The number of benzene rings is 2. The number of carbonyl (C=O) groups excluding carboxylic acids is 1. The van der Waals surface area contributed by atoms with Crippen LogP contribution in [0.1, 0.15) is 12.0 Å². The lowest BCUT2D eigenvalue weighted by Crippen LogP contribution is -2.12. The van der Waals surface area contributed by atoms with Crippen LogP contribution in [0.5, 0.6) is 0 Å². The van der Waals surface area contributed by atoms with Crippen molar-refractivity contribution in [1.29, 1.82) is 0 Å². The molecule has 134 valence electrons. The van der Waals surface area contributed by atoms with Crippen molar-refractivity contribution in [1.82, 2.24) is 9.97 Å². The second-order valence-corrected chi connectivity index (χ2v) is 6.83. The van der Waals surface area contributed by atoms with E-state index in [2.05, 4.69) is 33.5 Å². The van der Waals surface area contributed by atoms with Crippen LogP contribution in [0, 0.1) is 0 Å². The Hall–Kier alpha value is -3.11. The van der Waals surface area contributed by atoms with E-state index in [0.29, 0.717) is 23.6 Å². The Morgan fingerprint density at radius 2 is 1.93 bits per heavy atom. The zero-order valence-electron chi connectivity index (χ0n) is 14.6. The third-order valence-corrected chi connectivity index (χ3v) is 4.64. The molecule has 4 nitrogen and oxygen atoms in total. The molecule has 0 fully saturated rings. The van der Waals surface area contributed by atoms with Crippen LogP contribution in [0.4, 0.5) is 5.69 Å². The van der Waals surface area contributed by atoms with Gasteiger partial charge in [-0.2, -0.15) is 0 Å². The maximum absolute atomic E-state index is 12.2. The maximum atomic E-state index is 12.2. The van der Waals surface area contributed by atoms with Gasteiger partial charge in [0.05, 0.1) is 0 Å². The average molecular weight is 376 g/mol. The smallest absolute Gasteiger partial charge is 0.224 e. The molecule has 0 saturated heterocycles. The number of hydrogen-bond donors (Lipinski definition) is 2. The minimum absolute atomic E-state index is 0.0296. The summed E-state index contributed by atoms with van der Waals surface area (Å²) in [4.78, 5) is 19.7. The first-order chi connectivity index (χ1) is 13.2. The number of amides is 1. The molecule has 2 heterocycles. The summed E-state index contributed by atoms with van der Waals surface area (Å²) in [7, 11) is 0. The number of aryl methyl sites for hydroxylation is 1. The molecule has 0 bridgehead atoms. The quantitative estimate of drug-likeness (QED) is 0.487. The van der Waals surface area contributed by atoms with Crippen molar-refractivity contribution in [3.63, 3.8) is 0 Å². The molecule has 4 rings (SSSR count). The largest absolute Gasteiger partial charge is 0.346 e. The Labute approximate surface area is 162 Å². The summed E-state index contributed by atoms with van der Waals surface area (Å²) >= 11 is 5.95. The number of anilines is 1. The predicted molar refractivity (Wildman–Crippen MR) is 110 cm³/mol. The third-order valence-electron chi connectivity index (χ3n) is 4.41. The van der Waals surface area contributed by atoms with Crippen molar-refractivity contribution < 1.29 is 4.79 Å². The summed E-state index contributed by atoms with van der Waals surface area (Å²) in [5.74, 6) is -0.0296. The lowest BCUT2D eigenvalue weighted by atomic mass is 10.0. The number of carbonyl (C=O) groups is 1. The molecule has 0 aliphatic heterocycles. The average Bonchev–Trinajstić information content (AvgIpc) is 3.14. The number of H-pyrrole nitrogens is 1. The van der Waals surface area contributed by atoms with Gasteiger partial charge in [0.1, 0.15) is 5.65 Å². The topological polar surface area (TPSA) is 57.8 Å². The Kier molecular flexibility index (Phi) is 4.90. The second-order valence-electron chi connectivity index (χ2n) is 6.40. The van der Waals surface area contributed by atoms with Crippen molar-refractivity contribution in [2.45, 2.75) is 12.8 Å². The van der Waals surface area contributed by atoms with Gasteiger partial charge >= 0.3 is 0 Å². The Morgan fingerprint density at radius 3 is 2.81 bits per heavy atom. The van der Waals surface area contributed by atoms with Crippen LogP contribution in [0.25, 0.3) is 22.2 Å². The van der Waals surface area contributed by atoms with E-state index in [1.807, 2.05) is 42.7 Å². The van der Waals surface area contributed by atoms with Crippen LogP contribution in [0.2, 0.25) is 5.02 Å². The highest BCUT2D eigenvalue weighted by Gasteiger charge is 2.06. The number of nitrogens with zero attached hydrogens (tertiary/aromatic N) is 1. The van der Waals surface area contributed by atoms with Gasteiger partial charge in [-0.3, -0.25) is 4.79 Å². The molecule has 5 heteroatoms. The summed E-state index contributed by atoms with van der Waals surface area (Å²) < 4.78 is 0. The molecule has 0 aliphatic rings. The normalized spacial score (nSPS) is 10.9. The minimum atomic E-state index is -0.0296. The highest BCUT2D eigenvalue weighted by atomic mass is 35.5. The zero-order chi connectivity index (χ0) is 18.6. The monoisotopic (exact) mass is 375 g/mol. The Morgan fingerprint density at radius 1 is 1.04 bits per heavy atom.